The van der Waals surface area contributed by atoms with E-state index in [1.54, 1.807) is 7.11 Å². The highest BCUT2D eigenvalue weighted by molar-refractivity contribution is 5.63. The molecule has 0 aliphatic carbocycles. The number of anilines is 1. The van der Waals surface area contributed by atoms with Crippen molar-refractivity contribution < 1.29 is 4.74 Å². The minimum absolute atomic E-state index is 0.446. The summed E-state index contributed by atoms with van der Waals surface area (Å²) in [5.74, 6) is 1.75. The molecule has 1 fully saturated rings. The van der Waals surface area contributed by atoms with Gasteiger partial charge in [0.05, 0.1) is 24.7 Å². The largest absolute Gasteiger partial charge is 0.496 e. The predicted octanol–water partition coefficient (Wildman–Crippen LogP) is 2.49. The lowest BCUT2D eigenvalue weighted by molar-refractivity contribution is 0.411. The quantitative estimate of drug-likeness (QED) is 0.772. The molecule has 0 aromatic carbocycles. The summed E-state index contributed by atoms with van der Waals surface area (Å²) in [5.41, 5.74) is 3.80. The third-order valence-electron chi connectivity index (χ3n) is 4.44. The first-order chi connectivity index (χ1) is 11.7. The van der Waals surface area contributed by atoms with Gasteiger partial charge in [-0.25, -0.2) is 9.97 Å². The summed E-state index contributed by atoms with van der Waals surface area (Å²) in [6.45, 7) is 4.08. The molecule has 24 heavy (non-hydrogen) atoms. The lowest BCUT2D eigenvalue weighted by Gasteiger charge is -2.13. The van der Waals surface area contributed by atoms with Crippen molar-refractivity contribution in [3.8, 4) is 17.1 Å². The number of aryl methyl sites for hydroxylation is 1. The van der Waals surface area contributed by atoms with Gasteiger partial charge in [-0.2, -0.15) is 0 Å². The van der Waals surface area contributed by atoms with Gasteiger partial charge in [0.15, 0.2) is 0 Å². The van der Waals surface area contributed by atoms with Crippen LogP contribution in [0, 0.1) is 6.92 Å². The van der Waals surface area contributed by atoms with Gasteiger partial charge in [-0.3, -0.25) is 4.40 Å². The molecule has 1 saturated heterocycles. The first-order valence-corrected chi connectivity index (χ1v) is 8.21. The smallest absolute Gasteiger partial charge is 0.140 e. The summed E-state index contributed by atoms with van der Waals surface area (Å²) in [7, 11) is 1.68. The molecule has 1 aliphatic rings. The third-order valence-corrected chi connectivity index (χ3v) is 4.44. The number of fused-ring (bicyclic) bond motifs is 1. The number of rotatable bonds is 4. The van der Waals surface area contributed by atoms with Crippen LogP contribution in [0.1, 0.15) is 12.0 Å². The predicted molar refractivity (Wildman–Crippen MR) is 94.6 cm³/mol. The summed E-state index contributed by atoms with van der Waals surface area (Å²) in [6, 6.07) is 8.45. The molecule has 4 heterocycles. The van der Waals surface area contributed by atoms with Gasteiger partial charge in [0.2, 0.25) is 0 Å². The molecule has 1 aliphatic heterocycles. The Kier molecular flexibility index (Phi) is 3.82. The van der Waals surface area contributed by atoms with Crippen LogP contribution in [0.4, 0.5) is 5.82 Å². The molecular weight excluding hydrogens is 302 g/mol. The highest BCUT2D eigenvalue weighted by Gasteiger charge is 2.15. The van der Waals surface area contributed by atoms with Gasteiger partial charge in [-0.05, 0) is 32.0 Å². The Labute approximate surface area is 140 Å². The average molecular weight is 323 g/mol. The van der Waals surface area contributed by atoms with Crippen molar-refractivity contribution in [3.63, 3.8) is 0 Å². The summed E-state index contributed by atoms with van der Waals surface area (Å²) in [5, 5.41) is 6.86. The van der Waals surface area contributed by atoms with E-state index in [-0.39, 0.29) is 0 Å². The number of nitrogens with zero attached hydrogens (tertiary/aromatic N) is 3. The van der Waals surface area contributed by atoms with Gasteiger partial charge in [-0.15, -0.1) is 0 Å². The maximum atomic E-state index is 5.38. The van der Waals surface area contributed by atoms with Gasteiger partial charge in [0, 0.05) is 30.4 Å². The summed E-state index contributed by atoms with van der Waals surface area (Å²) < 4.78 is 7.43. The Bertz CT molecular complexity index is 867. The molecule has 0 bridgehead atoms. The van der Waals surface area contributed by atoms with Crippen LogP contribution in [-0.2, 0) is 0 Å². The molecule has 0 spiro atoms. The van der Waals surface area contributed by atoms with Crippen LogP contribution in [-0.4, -0.2) is 40.6 Å². The second-order valence-corrected chi connectivity index (χ2v) is 6.14. The van der Waals surface area contributed by atoms with E-state index in [1.807, 2.05) is 43.6 Å². The fraction of sp³-hybridized carbons (Fsp3) is 0.333. The molecule has 1 atom stereocenters. The van der Waals surface area contributed by atoms with Crippen molar-refractivity contribution in [2.24, 2.45) is 0 Å². The normalized spacial score (nSPS) is 17.3. The van der Waals surface area contributed by atoms with Gasteiger partial charge >= 0.3 is 0 Å². The maximum absolute atomic E-state index is 5.38. The Morgan fingerprint density at radius 2 is 2.29 bits per heavy atom. The van der Waals surface area contributed by atoms with Crippen molar-refractivity contribution in [2.75, 3.05) is 25.5 Å². The van der Waals surface area contributed by atoms with E-state index in [0.717, 1.165) is 53.7 Å². The number of hydrogen-bond acceptors (Lipinski definition) is 5. The molecule has 124 valence electrons. The zero-order valence-corrected chi connectivity index (χ0v) is 13.9. The zero-order chi connectivity index (χ0) is 16.5. The van der Waals surface area contributed by atoms with Crippen molar-refractivity contribution in [1.82, 2.24) is 19.7 Å². The lowest BCUT2D eigenvalue weighted by atomic mass is 10.2. The van der Waals surface area contributed by atoms with Crippen LogP contribution in [0.25, 0.3) is 17.0 Å². The Morgan fingerprint density at radius 3 is 3.08 bits per heavy atom. The maximum Gasteiger partial charge on any atom is 0.140 e. The first kappa shape index (κ1) is 15.0. The highest BCUT2D eigenvalue weighted by atomic mass is 16.5. The molecule has 3 aromatic heterocycles. The van der Waals surface area contributed by atoms with Crippen LogP contribution in [0.2, 0.25) is 0 Å². The van der Waals surface area contributed by atoms with E-state index >= 15 is 0 Å². The zero-order valence-electron chi connectivity index (χ0n) is 13.9. The number of ether oxygens (including phenoxy) is 1. The van der Waals surface area contributed by atoms with Gasteiger partial charge < -0.3 is 15.4 Å². The molecular formula is C18H21N5O. The van der Waals surface area contributed by atoms with Gasteiger partial charge in [0.25, 0.3) is 0 Å². The van der Waals surface area contributed by atoms with E-state index in [9.17, 15) is 0 Å². The van der Waals surface area contributed by atoms with Crippen LogP contribution >= 0.6 is 0 Å². The standard InChI is InChI=1S/C18H21N5O/c1-12-11-23-15(10-20-18(23)8-16(12)24-2)14-4-3-5-17(22-14)21-13-6-7-19-9-13/h3-5,8,10-11,13,19H,6-7,9H2,1-2H3,(H,21,22). The van der Waals surface area contributed by atoms with Crippen molar-refractivity contribution in [3.05, 3.63) is 42.2 Å². The monoisotopic (exact) mass is 323 g/mol. The Hall–Kier alpha value is -2.60. The second-order valence-electron chi connectivity index (χ2n) is 6.14. The van der Waals surface area contributed by atoms with Crippen molar-refractivity contribution in [2.45, 2.75) is 19.4 Å². The van der Waals surface area contributed by atoms with E-state index in [2.05, 4.69) is 20.0 Å². The highest BCUT2D eigenvalue weighted by Crippen LogP contribution is 2.25. The van der Waals surface area contributed by atoms with Crippen molar-refractivity contribution >= 4 is 11.5 Å². The number of imidazole rings is 1. The molecule has 2 N–H and O–H groups in total. The molecule has 6 nitrogen and oxygen atoms in total. The first-order valence-electron chi connectivity index (χ1n) is 8.21. The van der Waals surface area contributed by atoms with Crippen LogP contribution in [0.15, 0.2) is 36.7 Å². The minimum atomic E-state index is 0.446. The van der Waals surface area contributed by atoms with E-state index < -0.39 is 0 Å². The number of aromatic nitrogens is 3. The summed E-state index contributed by atoms with van der Waals surface area (Å²) in [4.78, 5) is 9.26. The summed E-state index contributed by atoms with van der Waals surface area (Å²) in [6.07, 6.45) is 5.02. The molecule has 3 aromatic rings. The number of nitrogens with one attached hydrogen (secondary N) is 2. The van der Waals surface area contributed by atoms with Crippen molar-refractivity contribution in [1.29, 1.82) is 0 Å². The lowest BCUT2D eigenvalue weighted by Crippen LogP contribution is -2.22. The Balaban J connectivity index is 1.70. The van der Waals surface area contributed by atoms with Crippen LogP contribution in [0.3, 0.4) is 0 Å². The van der Waals surface area contributed by atoms with E-state index in [1.165, 1.54) is 0 Å². The van der Waals surface area contributed by atoms with Gasteiger partial charge in [-0.1, -0.05) is 6.07 Å². The molecule has 0 radical (unpaired) electrons. The van der Waals surface area contributed by atoms with Crippen LogP contribution in [0.5, 0.6) is 5.75 Å². The average Bonchev–Trinajstić information content (AvgIpc) is 3.23. The Morgan fingerprint density at radius 1 is 1.38 bits per heavy atom. The topological polar surface area (TPSA) is 63.5 Å². The third kappa shape index (κ3) is 2.69. The fourth-order valence-corrected chi connectivity index (χ4v) is 3.16. The number of hydrogen-bond donors (Lipinski definition) is 2. The SMILES string of the molecule is COc1cc2ncc(-c3cccc(NC4CCNC4)n3)n2cc1C. The van der Waals surface area contributed by atoms with Crippen LogP contribution < -0.4 is 15.4 Å². The van der Waals surface area contributed by atoms with Gasteiger partial charge in [0.1, 0.15) is 17.2 Å². The fourth-order valence-electron chi connectivity index (χ4n) is 3.16. The molecule has 4 rings (SSSR count). The molecule has 0 amide bonds. The number of methoxy groups -OCH3 is 1. The second kappa shape index (κ2) is 6.13. The summed E-state index contributed by atoms with van der Waals surface area (Å²) >= 11 is 0. The van der Waals surface area contributed by atoms with E-state index in [4.69, 9.17) is 9.72 Å². The van der Waals surface area contributed by atoms with E-state index in [0.29, 0.717) is 6.04 Å². The molecule has 0 saturated carbocycles. The molecule has 6 heteroatoms. The molecule has 1 unspecified atom stereocenters. The minimum Gasteiger partial charge on any atom is -0.496 e. The number of pyridine rings is 2.